The highest BCUT2D eigenvalue weighted by Crippen LogP contribution is 2.45. The predicted molar refractivity (Wildman–Crippen MR) is 82.6 cm³/mol. The van der Waals surface area contributed by atoms with Crippen molar-refractivity contribution in [3.05, 3.63) is 47.6 Å². The summed E-state index contributed by atoms with van der Waals surface area (Å²) in [5.41, 5.74) is 3.11. The second kappa shape index (κ2) is 4.70. The number of aryl methyl sites for hydroxylation is 1. The van der Waals surface area contributed by atoms with Crippen molar-refractivity contribution in [1.29, 1.82) is 0 Å². The third-order valence-electron chi connectivity index (χ3n) is 5.38. The number of nitrogens with zero attached hydrogens (tertiary/aromatic N) is 1. The van der Waals surface area contributed by atoms with Crippen molar-refractivity contribution < 1.29 is 6.17 Å². The van der Waals surface area contributed by atoms with Crippen LogP contribution in [0, 0.1) is 5.41 Å². The molecular weight excluding hydrogens is 260 g/mol. The Morgan fingerprint density at radius 3 is 3.19 bits per heavy atom. The van der Waals surface area contributed by atoms with Crippen molar-refractivity contribution in [2.75, 3.05) is 13.1 Å². The molecule has 3 nitrogen and oxygen atoms in total. The Morgan fingerprint density at radius 1 is 1.48 bits per heavy atom. The van der Waals surface area contributed by atoms with E-state index in [0.717, 1.165) is 44.5 Å². The Hall–Kier alpha value is -1.61. The number of hydrogen-bond donors (Lipinski definition) is 1. The zero-order valence-corrected chi connectivity index (χ0v) is 12.3. The fourth-order valence-corrected chi connectivity index (χ4v) is 4.33. The van der Waals surface area contributed by atoms with Crippen LogP contribution in [0.25, 0.3) is 0 Å². The van der Waals surface area contributed by atoms with Crippen molar-refractivity contribution in [3.8, 4) is 0 Å². The first-order valence-corrected chi connectivity index (χ1v) is 7.91. The van der Waals surface area contributed by atoms with E-state index in [-0.39, 0.29) is 11.3 Å². The van der Waals surface area contributed by atoms with Gasteiger partial charge in [-0.2, -0.15) is 0 Å². The highest BCUT2D eigenvalue weighted by Gasteiger charge is 2.50. The molecule has 1 amide bonds. The molecule has 0 aromatic heterocycles. The van der Waals surface area contributed by atoms with E-state index < -0.39 is 0 Å². The maximum Gasteiger partial charge on any atom is 0.232 e. The number of benzene rings is 1. The predicted octanol–water partition coefficient (Wildman–Crippen LogP) is 2.79. The van der Waals surface area contributed by atoms with Gasteiger partial charge < -0.3 is 5.32 Å². The van der Waals surface area contributed by atoms with Crippen LogP contribution in [0.4, 0.5) is 0 Å². The van der Waals surface area contributed by atoms with E-state index in [1.807, 2.05) is 12.1 Å². The summed E-state index contributed by atoms with van der Waals surface area (Å²) in [6, 6.07) is 7.01. The molecule has 1 aliphatic carbocycles. The van der Waals surface area contributed by atoms with Crippen molar-refractivity contribution in [3.63, 3.8) is 0 Å². The zero-order chi connectivity index (χ0) is 15.3. The monoisotopic (exact) mass is 284 g/mol. The highest BCUT2D eigenvalue weighted by atomic mass is 16.2. The quantitative estimate of drug-likeness (QED) is 0.860. The van der Waals surface area contributed by atoms with Gasteiger partial charge in [0.05, 0.1) is 6.79 Å². The standard InChI is InChI=1S/C18H22N2O/c1-13-11-18(17(21)19-13)9-10-20(12-18)16-8-4-6-14-5-2-3-7-15(14)16/h2-3,5,7,16H,1,4,6,8-12H2,(H,19,21)/i7T. The number of likely N-dealkylation sites (tertiary alicyclic amines) is 1. The van der Waals surface area contributed by atoms with E-state index in [1.165, 1.54) is 17.5 Å². The molecule has 2 saturated heterocycles. The van der Waals surface area contributed by atoms with Gasteiger partial charge in [0.1, 0.15) is 0 Å². The van der Waals surface area contributed by atoms with E-state index >= 15 is 0 Å². The second-order valence-corrected chi connectivity index (χ2v) is 6.75. The van der Waals surface area contributed by atoms with Gasteiger partial charge in [-0.1, -0.05) is 30.8 Å². The third-order valence-corrected chi connectivity index (χ3v) is 5.38. The maximum atomic E-state index is 12.3. The van der Waals surface area contributed by atoms with E-state index in [9.17, 15) is 4.79 Å². The molecule has 21 heavy (non-hydrogen) atoms. The van der Waals surface area contributed by atoms with Crippen LogP contribution in [0.3, 0.4) is 0 Å². The summed E-state index contributed by atoms with van der Waals surface area (Å²) in [4.78, 5) is 14.8. The van der Waals surface area contributed by atoms with Gasteiger partial charge in [-0.25, -0.2) is 0 Å². The number of fused-ring (bicyclic) bond motifs is 1. The average molecular weight is 284 g/mol. The molecule has 0 saturated carbocycles. The molecule has 1 aromatic rings. The number of amides is 1. The fourth-order valence-electron chi connectivity index (χ4n) is 4.33. The largest absolute Gasteiger partial charge is 0.330 e. The molecular formula is C18H22N2O. The van der Waals surface area contributed by atoms with Gasteiger partial charge >= 0.3 is 0 Å². The van der Waals surface area contributed by atoms with Gasteiger partial charge in [-0.3, -0.25) is 9.69 Å². The molecule has 2 heterocycles. The maximum absolute atomic E-state index is 12.3. The fraction of sp³-hybridized carbons (Fsp3) is 0.500. The number of hydrogen-bond acceptors (Lipinski definition) is 2. The van der Waals surface area contributed by atoms with Crippen LogP contribution in [0.15, 0.2) is 36.5 Å². The first kappa shape index (κ1) is 12.0. The number of nitrogens with one attached hydrogen (secondary N) is 1. The topological polar surface area (TPSA) is 32.3 Å². The van der Waals surface area contributed by atoms with Crippen molar-refractivity contribution in [2.24, 2.45) is 5.41 Å². The third kappa shape index (κ3) is 2.03. The summed E-state index contributed by atoms with van der Waals surface area (Å²) in [6.07, 6.45) is 5.02. The van der Waals surface area contributed by atoms with Gasteiger partial charge in [0.15, 0.2) is 0 Å². The van der Waals surface area contributed by atoms with Gasteiger partial charge in [0, 0.05) is 24.7 Å². The molecule has 110 valence electrons. The lowest BCUT2D eigenvalue weighted by Gasteiger charge is -2.34. The van der Waals surface area contributed by atoms with Crippen LogP contribution in [-0.2, 0) is 11.2 Å². The molecule has 1 aromatic carbocycles. The Morgan fingerprint density at radius 2 is 2.38 bits per heavy atom. The first-order chi connectivity index (χ1) is 10.6. The molecule has 2 fully saturated rings. The van der Waals surface area contributed by atoms with Crippen LogP contribution in [0.5, 0.6) is 0 Å². The summed E-state index contributed by atoms with van der Waals surface area (Å²) in [5.74, 6) is 0.148. The number of carbonyl (C=O) groups is 1. The van der Waals surface area contributed by atoms with Crippen LogP contribution < -0.4 is 5.32 Å². The van der Waals surface area contributed by atoms with Crippen molar-refractivity contribution in [2.45, 2.75) is 38.1 Å². The summed E-state index contributed by atoms with van der Waals surface area (Å²) >= 11 is 0. The molecule has 3 aliphatic rings. The SMILES string of the molecule is [3H]c1cccc2c1C(N1CCC3(CC(=C)NC3=O)C1)CCC2. The normalized spacial score (nSPS) is 33.1. The van der Waals surface area contributed by atoms with E-state index in [0.29, 0.717) is 12.1 Å². The molecule has 2 aliphatic heterocycles. The molecule has 2 unspecified atom stereocenters. The molecule has 0 bridgehead atoms. The highest BCUT2D eigenvalue weighted by molar-refractivity contribution is 5.88. The van der Waals surface area contributed by atoms with Gasteiger partial charge in [0.2, 0.25) is 5.91 Å². The average Bonchev–Trinajstić information content (AvgIpc) is 3.03. The van der Waals surface area contributed by atoms with Crippen molar-refractivity contribution >= 4 is 5.91 Å². The molecule has 3 heteroatoms. The molecule has 0 radical (unpaired) electrons. The smallest absolute Gasteiger partial charge is 0.232 e. The number of carbonyl (C=O) groups excluding carboxylic acids is 1. The van der Waals surface area contributed by atoms with Gasteiger partial charge in [-0.15, -0.1) is 0 Å². The van der Waals surface area contributed by atoms with E-state index in [1.54, 1.807) is 0 Å². The second-order valence-electron chi connectivity index (χ2n) is 6.75. The van der Waals surface area contributed by atoms with Crippen LogP contribution in [-0.4, -0.2) is 23.9 Å². The summed E-state index contributed by atoms with van der Waals surface area (Å²) in [7, 11) is 0. The Bertz CT molecular complexity index is 656. The summed E-state index contributed by atoms with van der Waals surface area (Å²) in [6.45, 7) is 5.68. The van der Waals surface area contributed by atoms with E-state index in [4.69, 9.17) is 1.37 Å². The minimum absolute atomic E-state index is 0.148. The number of allylic oxidation sites excluding steroid dienone is 1. The first-order valence-electron chi connectivity index (χ1n) is 8.41. The Labute approximate surface area is 127 Å². The van der Waals surface area contributed by atoms with Crippen LogP contribution >= 0.6 is 0 Å². The minimum atomic E-state index is -0.272. The molecule has 4 rings (SSSR count). The van der Waals surface area contributed by atoms with Gasteiger partial charge in [-0.05, 0) is 43.4 Å². The molecule has 1 spiro atoms. The number of rotatable bonds is 1. The van der Waals surface area contributed by atoms with Crippen LogP contribution in [0.2, 0.25) is 0 Å². The minimum Gasteiger partial charge on any atom is -0.330 e. The lowest BCUT2D eigenvalue weighted by molar-refractivity contribution is -0.127. The van der Waals surface area contributed by atoms with Crippen molar-refractivity contribution in [1.82, 2.24) is 10.2 Å². The van der Waals surface area contributed by atoms with E-state index in [2.05, 4.69) is 22.9 Å². The molecule has 2 atom stereocenters. The Balaban J connectivity index is 1.63. The summed E-state index contributed by atoms with van der Waals surface area (Å²) in [5, 5.41) is 2.91. The Kier molecular flexibility index (Phi) is 2.68. The lowest BCUT2D eigenvalue weighted by Crippen LogP contribution is -2.36. The van der Waals surface area contributed by atoms with Gasteiger partial charge in [0.25, 0.3) is 0 Å². The zero-order valence-electron chi connectivity index (χ0n) is 13.3. The van der Waals surface area contributed by atoms with Crippen LogP contribution in [0.1, 0.15) is 44.2 Å². The summed E-state index contributed by atoms with van der Waals surface area (Å²) < 4.78 is 8.30. The lowest BCUT2D eigenvalue weighted by atomic mass is 9.84. The molecule has 1 N–H and O–H groups in total.